The summed E-state index contributed by atoms with van der Waals surface area (Å²) in [4.78, 5) is 5.36. The first-order valence-electron chi connectivity index (χ1n) is 7.89. The summed E-state index contributed by atoms with van der Waals surface area (Å²) in [5.74, 6) is -0.247. The SMILES string of the molecule is Cc1cc(/C=N/OCc2ccc(Cl)cc2)c(C)n1-c1ccc(F)cc1. The largest absolute Gasteiger partial charge is 0.391 e. The Bertz CT molecular complexity index is 883. The van der Waals surface area contributed by atoms with Crippen LogP contribution < -0.4 is 0 Å². The first kappa shape index (κ1) is 17.2. The zero-order valence-corrected chi connectivity index (χ0v) is 14.8. The topological polar surface area (TPSA) is 26.5 Å². The van der Waals surface area contributed by atoms with Crippen LogP contribution in [0.2, 0.25) is 5.02 Å². The molecule has 0 unspecified atom stereocenters. The van der Waals surface area contributed by atoms with Crippen LogP contribution in [0.3, 0.4) is 0 Å². The van der Waals surface area contributed by atoms with Gasteiger partial charge in [0, 0.05) is 27.7 Å². The Balaban J connectivity index is 1.71. The van der Waals surface area contributed by atoms with Crippen LogP contribution in [0, 0.1) is 19.7 Å². The number of rotatable bonds is 5. The molecular weight excluding hydrogens is 339 g/mol. The van der Waals surface area contributed by atoms with E-state index in [-0.39, 0.29) is 5.82 Å². The molecule has 3 nitrogen and oxygen atoms in total. The highest BCUT2D eigenvalue weighted by molar-refractivity contribution is 6.30. The second-order valence-electron chi connectivity index (χ2n) is 5.77. The quantitative estimate of drug-likeness (QED) is 0.442. The van der Waals surface area contributed by atoms with Crippen LogP contribution in [0.4, 0.5) is 4.39 Å². The Morgan fingerprint density at radius 1 is 1.08 bits per heavy atom. The molecule has 0 bridgehead atoms. The van der Waals surface area contributed by atoms with Gasteiger partial charge in [-0.3, -0.25) is 0 Å². The van der Waals surface area contributed by atoms with Crippen LogP contribution in [0.15, 0.2) is 59.8 Å². The number of aryl methyl sites for hydroxylation is 1. The molecule has 3 rings (SSSR count). The molecule has 0 aliphatic rings. The predicted octanol–water partition coefficient (Wildman–Crippen LogP) is 5.44. The predicted molar refractivity (Wildman–Crippen MR) is 99.0 cm³/mol. The van der Waals surface area contributed by atoms with Crippen molar-refractivity contribution in [1.29, 1.82) is 0 Å². The lowest BCUT2D eigenvalue weighted by atomic mass is 10.2. The standard InChI is InChI=1S/C20H18ClFN2O/c1-14-11-17(12-23-25-13-16-3-5-18(21)6-4-16)15(2)24(14)20-9-7-19(22)8-10-20/h3-12H,13H2,1-2H3/b23-12+. The van der Waals surface area contributed by atoms with Crippen LogP contribution >= 0.6 is 11.6 Å². The Kier molecular flexibility index (Phi) is 5.19. The van der Waals surface area contributed by atoms with E-state index in [1.54, 1.807) is 18.3 Å². The Morgan fingerprint density at radius 3 is 2.44 bits per heavy atom. The van der Waals surface area contributed by atoms with Gasteiger partial charge in [-0.25, -0.2) is 4.39 Å². The number of aromatic nitrogens is 1. The monoisotopic (exact) mass is 356 g/mol. The maximum Gasteiger partial charge on any atom is 0.142 e. The van der Waals surface area contributed by atoms with Crippen LogP contribution in [-0.4, -0.2) is 10.8 Å². The van der Waals surface area contributed by atoms with Crippen molar-refractivity contribution in [2.24, 2.45) is 5.16 Å². The molecule has 25 heavy (non-hydrogen) atoms. The van der Waals surface area contributed by atoms with Crippen molar-refractivity contribution in [3.63, 3.8) is 0 Å². The second-order valence-corrected chi connectivity index (χ2v) is 6.21. The van der Waals surface area contributed by atoms with E-state index in [4.69, 9.17) is 16.4 Å². The highest BCUT2D eigenvalue weighted by atomic mass is 35.5. The van der Waals surface area contributed by atoms with E-state index in [1.165, 1.54) is 12.1 Å². The van der Waals surface area contributed by atoms with Gasteiger partial charge in [0.2, 0.25) is 0 Å². The minimum Gasteiger partial charge on any atom is -0.391 e. The zero-order valence-electron chi connectivity index (χ0n) is 14.0. The number of hydrogen-bond acceptors (Lipinski definition) is 2. The fourth-order valence-corrected chi connectivity index (χ4v) is 2.82. The molecular formula is C20H18ClFN2O. The van der Waals surface area contributed by atoms with Crippen molar-refractivity contribution in [2.75, 3.05) is 0 Å². The van der Waals surface area contributed by atoms with E-state index in [0.717, 1.165) is 28.2 Å². The summed E-state index contributed by atoms with van der Waals surface area (Å²) in [7, 11) is 0. The van der Waals surface area contributed by atoms with Gasteiger partial charge in [0.25, 0.3) is 0 Å². The van der Waals surface area contributed by atoms with Crippen molar-refractivity contribution in [1.82, 2.24) is 4.57 Å². The molecule has 0 atom stereocenters. The van der Waals surface area contributed by atoms with Gasteiger partial charge in [0.1, 0.15) is 12.4 Å². The van der Waals surface area contributed by atoms with Crippen LogP contribution in [-0.2, 0) is 11.4 Å². The summed E-state index contributed by atoms with van der Waals surface area (Å²) in [6, 6.07) is 15.9. The number of nitrogens with zero attached hydrogens (tertiary/aromatic N) is 2. The third-order valence-corrected chi connectivity index (χ3v) is 4.22. The summed E-state index contributed by atoms with van der Waals surface area (Å²) in [6.45, 7) is 4.38. The van der Waals surface area contributed by atoms with E-state index in [1.807, 2.05) is 44.2 Å². The van der Waals surface area contributed by atoms with E-state index >= 15 is 0 Å². The minimum absolute atomic E-state index is 0.247. The molecule has 3 aromatic rings. The number of hydrogen-bond donors (Lipinski definition) is 0. The molecule has 0 fully saturated rings. The van der Waals surface area contributed by atoms with Crippen molar-refractivity contribution in [2.45, 2.75) is 20.5 Å². The molecule has 128 valence electrons. The average Bonchev–Trinajstić information content (AvgIpc) is 2.88. The fourth-order valence-electron chi connectivity index (χ4n) is 2.69. The average molecular weight is 357 g/mol. The summed E-state index contributed by atoms with van der Waals surface area (Å²) >= 11 is 5.85. The third kappa shape index (κ3) is 4.09. The van der Waals surface area contributed by atoms with E-state index in [9.17, 15) is 4.39 Å². The second kappa shape index (κ2) is 7.53. The summed E-state index contributed by atoms with van der Waals surface area (Å²) in [6.07, 6.45) is 1.69. The highest BCUT2D eigenvalue weighted by Gasteiger charge is 2.09. The van der Waals surface area contributed by atoms with E-state index in [0.29, 0.717) is 11.6 Å². The number of benzene rings is 2. The maximum absolute atomic E-state index is 13.1. The molecule has 0 amide bonds. The molecule has 0 aliphatic heterocycles. The van der Waals surface area contributed by atoms with Crippen LogP contribution in [0.25, 0.3) is 5.69 Å². The highest BCUT2D eigenvalue weighted by Crippen LogP contribution is 2.20. The van der Waals surface area contributed by atoms with Gasteiger partial charge in [-0.15, -0.1) is 0 Å². The van der Waals surface area contributed by atoms with Gasteiger partial charge in [0.05, 0.1) is 6.21 Å². The summed E-state index contributed by atoms with van der Waals surface area (Å²) < 4.78 is 15.2. The fraction of sp³-hybridized carbons (Fsp3) is 0.150. The smallest absolute Gasteiger partial charge is 0.142 e. The van der Waals surface area contributed by atoms with Gasteiger partial charge in [-0.2, -0.15) is 0 Å². The van der Waals surface area contributed by atoms with Gasteiger partial charge >= 0.3 is 0 Å². The molecule has 0 radical (unpaired) electrons. The normalized spacial score (nSPS) is 11.2. The Morgan fingerprint density at radius 2 is 1.76 bits per heavy atom. The molecule has 5 heteroatoms. The van der Waals surface area contributed by atoms with Crippen LogP contribution in [0.1, 0.15) is 22.5 Å². The lowest BCUT2D eigenvalue weighted by Gasteiger charge is -2.09. The Hall–Kier alpha value is -2.59. The molecule has 1 aromatic heterocycles. The van der Waals surface area contributed by atoms with Gasteiger partial charge in [-0.1, -0.05) is 28.9 Å². The molecule has 0 aliphatic carbocycles. The lowest BCUT2D eigenvalue weighted by Crippen LogP contribution is -1.99. The van der Waals surface area contributed by atoms with Crippen molar-refractivity contribution < 1.29 is 9.23 Å². The van der Waals surface area contributed by atoms with Gasteiger partial charge < -0.3 is 9.40 Å². The minimum atomic E-state index is -0.247. The lowest BCUT2D eigenvalue weighted by molar-refractivity contribution is 0.132. The van der Waals surface area contributed by atoms with E-state index < -0.39 is 0 Å². The third-order valence-electron chi connectivity index (χ3n) is 3.97. The first-order chi connectivity index (χ1) is 12.0. The Labute approximate surface area is 151 Å². The summed E-state index contributed by atoms with van der Waals surface area (Å²) in [5, 5.41) is 4.75. The van der Waals surface area contributed by atoms with Crippen molar-refractivity contribution in [3.05, 3.63) is 88.0 Å². The molecule has 2 aromatic carbocycles. The zero-order chi connectivity index (χ0) is 17.8. The van der Waals surface area contributed by atoms with Crippen LogP contribution in [0.5, 0.6) is 0 Å². The molecule has 0 saturated carbocycles. The van der Waals surface area contributed by atoms with Crippen molar-refractivity contribution in [3.8, 4) is 5.69 Å². The van der Waals surface area contributed by atoms with Gasteiger partial charge in [-0.05, 0) is 61.9 Å². The summed E-state index contributed by atoms with van der Waals surface area (Å²) in [5.41, 5.74) is 4.93. The van der Waals surface area contributed by atoms with Crippen molar-refractivity contribution >= 4 is 17.8 Å². The van der Waals surface area contributed by atoms with Gasteiger partial charge in [0.15, 0.2) is 0 Å². The van der Waals surface area contributed by atoms with E-state index in [2.05, 4.69) is 9.72 Å². The number of oxime groups is 1. The molecule has 1 heterocycles. The maximum atomic E-state index is 13.1. The number of halogens is 2. The molecule has 0 saturated heterocycles. The molecule has 0 spiro atoms. The first-order valence-corrected chi connectivity index (χ1v) is 8.27. The molecule has 0 N–H and O–H groups in total.